The van der Waals surface area contributed by atoms with Gasteiger partial charge in [0.1, 0.15) is 0 Å². The molecule has 0 aliphatic carbocycles. The van der Waals surface area contributed by atoms with E-state index in [9.17, 15) is 9.59 Å². The summed E-state index contributed by atoms with van der Waals surface area (Å²) in [5.74, 6) is 0.0849. The number of hydrogen-bond acceptors (Lipinski definition) is 2. The summed E-state index contributed by atoms with van der Waals surface area (Å²) < 4.78 is 0. The number of benzene rings is 1. The molecule has 1 aromatic rings. The summed E-state index contributed by atoms with van der Waals surface area (Å²) in [6, 6.07) is 6.62. The number of ketones is 1. The van der Waals surface area contributed by atoms with Crippen molar-refractivity contribution < 1.29 is 9.59 Å². The summed E-state index contributed by atoms with van der Waals surface area (Å²) in [7, 11) is 0. The number of rotatable bonds is 5. The van der Waals surface area contributed by atoms with Gasteiger partial charge in [0.2, 0.25) is 5.91 Å². The van der Waals surface area contributed by atoms with Gasteiger partial charge in [-0.05, 0) is 30.2 Å². The first kappa shape index (κ1) is 13.7. The van der Waals surface area contributed by atoms with Crippen LogP contribution < -0.4 is 5.32 Å². The summed E-state index contributed by atoms with van der Waals surface area (Å²) >= 11 is 5.72. The van der Waals surface area contributed by atoms with Gasteiger partial charge in [0.25, 0.3) is 0 Å². The van der Waals surface area contributed by atoms with Gasteiger partial charge in [0.15, 0.2) is 5.78 Å². The van der Waals surface area contributed by atoms with E-state index in [2.05, 4.69) is 5.32 Å². The summed E-state index contributed by atoms with van der Waals surface area (Å²) in [4.78, 5) is 23.0. The van der Waals surface area contributed by atoms with Gasteiger partial charge in [0.05, 0.1) is 6.54 Å². The van der Waals surface area contributed by atoms with E-state index in [1.54, 1.807) is 24.3 Å². The molecular weight excluding hydrogens is 238 g/mol. The predicted octanol–water partition coefficient (Wildman–Crippen LogP) is 2.69. The van der Waals surface area contributed by atoms with E-state index in [-0.39, 0.29) is 18.2 Å². The Morgan fingerprint density at radius 1 is 1.24 bits per heavy atom. The number of halogens is 1. The van der Waals surface area contributed by atoms with E-state index in [1.807, 2.05) is 13.8 Å². The van der Waals surface area contributed by atoms with Crippen LogP contribution in [-0.4, -0.2) is 18.2 Å². The van der Waals surface area contributed by atoms with Crippen LogP contribution in [0.1, 0.15) is 30.6 Å². The van der Waals surface area contributed by atoms with Crippen molar-refractivity contribution in [2.24, 2.45) is 5.92 Å². The van der Waals surface area contributed by atoms with Crippen molar-refractivity contribution in [2.75, 3.05) is 6.54 Å². The Hall–Kier alpha value is -1.35. The third kappa shape index (κ3) is 5.00. The molecule has 0 saturated carbocycles. The smallest absolute Gasteiger partial charge is 0.220 e. The summed E-state index contributed by atoms with van der Waals surface area (Å²) in [6.07, 6.45) is 0.438. The minimum Gasteiger partial charge on any atom is -0.349 e. The fourth-order valence-electron chi connectivity index (χ4n) is 1.36. The zero-order valence-corrected chi connectivity index (χ0v) is 10.8. The molecule has 0 atom stereocenters. The Kier molecular flexibility index (Phi) is 5.16. The molecule has 4 heteroatoms. The average molecular weight is 254 g/mol. The van der Waals surface area contributed by atoms with Crippen LogP contribution in [0.15, 0.2) is 24.3 Å². The molecule has 1 rings (SSSR count). The van der Waals surface area contributed by atoms with Gasteiger partial charge in [-0.15, -0.1) is 0 Å². The quantitative estimate of drug-likeness (QED) is 0.820. The van der Waals surface area contributed by atoms with Crippen molar-refractivity contribution in [3.8, 4) is 0 Å². The molecule has 0 fully saturated rings. The summed E-state index contributed by atoms with van der Waals surface area (Å²) in [6.45, 7) is 3.95. The molecule has 0 bridgehead atoms. The van der Waals surface area contributed by atoms with Crippen molar-refractivity contribution >= 4 is 23.3 Å². The molecule has 92 valence electrons. The fraction of sp³-hybridized carbons (Fsp3) is 0.385. The molecule has 0 spiro atoms. The lowest BCUT2D eigenvalue weighted by molar-refractivity contribution is -0.121. The molecule has 1 N–H and O–H groups in total. The number of carbonyl (C=O) groups is 2. The third-order valence-corrected chi connectivity index (χ3v) is 2.46. The molecule has 0 aliphatic rings. The highest BCUT2D eigenvalue weighted by Crippen LogP contribution is 2.09. The Morgan fingerprint density at radius 2 is 1.82 bits per heavy atom. The lowest BCUT2D eigenvalue weighted by Gasteiger charge is -2.06. The molecule has 3 nitrogen and oxygen atoms in total. The Balaban J connectivity index is 2.45. The van der Waals surface area contributed by atoms with Crippen LogP contribution in [0, 0.1) is 5.92 Å². The normalized spacial score (nSPS) is 10.4. The van der Waals surface area contributed by atoms with E-state index < -0.39 is 0 Å². The summed E-state index contributed by atoms with van der Waals surface area (Å²) in [5.41, 5.74) is 0.555. The first-order valence-electron chi connectivity index (χ1n) is 5.54. The lowest BCUT2D eigenvalue weighted by Crippen LogP contribution is -2.30. The summed E-state index contributed by atoms with van der Waals surface area (Å²) in [5, 5.41) is 3.19. The van der Waals surface area contributed by atoms with Gasteiger partial charge in [-0.3, -0.25) is 9.59 Å². The number of nitrogens with one attached hydrogen (secondary N) is 1. The van der Waals surface area contributed by atoms with E-state index in [4.69, 9.17) is 11.6 Å². The molecular formula is C13H16ClNO2. The fourth-order valence-corrected chi connectivity index (χ4v) is 1.49. The zero-order valence-electron chi connectivity index (χ0n) is 10.00. The number of hydrogen-bond donors (Lipinski definition) is 1. The topological polar surface area (TPSA) is 46.2 Å². The first-order chi connectivity index (χ1) is 7.99. The van der Waals surface area contributed by atoms with Crippen molar-refractivity contribution in [3.63, 3.8) is 0 Å². The third-order valence-electron chi connectivity index (χ3n) is 2.21. The maximum atomic E-state index is 11.7. The van der Waals surface area contributed by atoms with Crippen molar-refractivity contribution in [1.82, 2.24) is 5.32 Å². The second-order valence-electron chi connectivity index (χ2n) is 4.30. The van der Waals surface area contributed by atoms with Gasteiger partial charge < -0.3 is 5.32 Å². The van der Waals surface area contributed by atoms with Crippen molar-refractivity contribution in [3.05, 3.63) is 34.9 Å². The van der Waals surface area contributed by atoms with Gasteiger partial charge >= 0.3 is 0 Å². The standard InChI is InChI=1S/C13H16ClNO2/c1-9(2)7-13(17)15-8-12(16)10-3-5-11(14)6-4-10/h3-6,9H,7-8H2,1-2H3,(H,15,17). The van der Waals surface area contributed by atoms with Gasteiger partial charge in [-0.2, -0.15) is 0 Å². The predicted molar refractivity (Wildman–Crippen MR) is 68.2 cm³/mol. The Morgan fingerprint density at radius 3 is 2.35 bits per heavy atom. The number of carbonyl (C=O) groups excluding carboxylic acids is 2. The van der Waals surface area contributed by atoms with Crippen LogP contribution in [0.3, 0.4) is 0 Å². The highest BCUT2D eigenvalue weighted by Gasteiger charge is 2.09. The second kappa shape index (κ2) is 6.40. The maximum absolute atomic E-state index is 11.7. The highest BCUT2D eigenvalue weighted by molar-refractivity contribution is 6.30. The van der Waals surface area contributed by atoms with Crippen LogP contribution in [0.4, 0.5) is 0 Å². The van der Waals surface area contributed by atoms with Crippen LogP contribution in [0.2, 0.25) is 5.02 Å². The number of amides is 1. The minimum atomic E-state index is -0.112. The molecule has 0 radical (unpaired) electrons. The van der Waals surface area contributed by atoms with E-state index in [1.165, 1.54) is 0 Å². The minimum absolute atomic E-state index is 0.0349. The molecule has 1 amide bonds. The molecule has 0 saturated heterocycles. The monoisotopic (exact) mass is 253 g/mol. The molecule has 0 unspecified atom stereocenters. The molecule has 0 heterocycles. The van der Waals surface area contributed by atoms with E-state index in [0.717, 1.165) is 0 Å². The first-order valence-corrected chi connectivity index (χ1v) is 5.92. The SMILES string of the molecule is CC(C)CC(=O)NCC(=O)c1ccc(Cl)cc1. The van der Waals surface area contributed by atoms with E-state index in [0.29, 0.717) is 22.9 Å². The molecule has 1 aromatic carbocycles. The van der Waals surface area contributed by atoms with Crippen LogP contribution in [-0.2, 0) is 4.79 Å². The van der Waals surface area contributed by atoms with E-state index >= 15 is 0 Å². The zero-order chi connectivity index (χ0) is 12.8. The number of Topliss-reactive ketones (excluding diaryl/α,β-unsaturated/α-hetero) is 1. The molecule has 17 heavy (non-hydrogen) atoms. The lowest BCUT2D eigenvalue weighted by atomic mass is 10.1. The largest absolute Gasteiger partial charge is 0.349 e. The molecule has 0 aliphatic heterocycles. The van der Waals surface area contributed by atoms with Crippen molar-refractivity contribution in [1.29, 1.82) is 0 Å². The maximum Gasteiger partial charge on any atom is 0.220 e. The Labute approximate surface area is 106 Å². The highest BCUT2D eigenvalue weighted by atomic mass is 35.5. The molecule has 0 aromatic heterocycles. The average Bonchev–Trinajstić information content (AvgIpc) is 2.26. The van der Waals surface area contributed by atoms with Crippen LogP contribution >= 0.6 is 11.6 Å². The second-order valence-corrected chi connectivity index (χ2v) is 4.74. The van der Waals surface area contributed by atoms with Crippen LogP contribution in [0.25, 0.3) is 0 Å². The van der Waals surface area contributed by atoms with Crippen LogP contribution in [0.5, 0.6) is 0 Å². The van der Waals surface area contributed by atoms with Crippen molar-refractivity contribution in [2.45, 2.75) is 20.3 Å². The van der Waals surface area contributed by atoms with Gasteiger partial charge in [-0.25, -0.2) is 0 Å². The van der Waals surface area contributed by atoms with Gasteiger partial charge in [-0.1, -0.05) is 25.4 Å². The van der Waals surface area contributed by atoms with Gasteiger partial charge in [0, 0.05) is 17.0 Å². The Bertz CT molecular complexity index is 398.